The number of anilines is 2. The number of hydrogen-bond acceptors (Lipinski definition) is 4. The first kappa shape index (κ1) is 21.2. The molecule has 0 bridgehead atoms. The largest absolute Gasteiger partial charge is 0.378 e. The Morgan fingerprint density at radius 2 is 1.50 bits per heavy atom. The Labute approximate surface area is 184 Å². The molecule has 0 atom stereocenters. The topological polar surface area (TPSA) is 52.7 Å². The molecular formula is C25H21F2N3O2. The summed E-state index contributed by atoms with van der Waals surface area (Å²) in [5.74, 6) is -2.10. The summed E-state index contributed by atoms with van der Waals surface area (Å²) >= 11 is 0. The number of rotatable bonds is 6. The van der Waals surface area contributed by atoms with Crippen molar-refractivity contribution >= 4 is 28.8 Å². The fourth-order valence-corrected chi connectivity index (χ4v) is 3.50. The molecule has 0 aliphatic carbocycles. The predicted molar refractivity (Wildman–Crippen MR) is 120 cm³/mol. The molecular weight excluding hydrogens is 412 g/mol. The van der Waals surface area contributed by atoms with E-state index >= 15 is 0 Å². The number of carbonyl (C=O) groups excluding carboxylic acids is 2. The number of hydrogen-bond donors (Lipinski definition) is 1. The normalized spacial score (nSPS) is 13.7. The van der Waals surface area contributed by atoms with Gasteiger partial charge in [0, 0.05) is 31.0 Å². The molecule has 0 saturated heterocycles. The molecule has 32 heavy (non-hydrogen) atoms. The Balaban J connectivity index is 1.72. The van der Waals surface area contributed by atoms with E-state index in [4.69, 9.17) is 0 Å². The van der Waals surface area contributed by atoms with E-state index in [1.54, 1.807) is 24.3 Å². The van der Waals surface area contributed by atoms with Crippen molar-refractivity contribution in [2.75, 3.05) is 24.3 Å². The van der Waals surface area contributed by atoms with Crippen molar-refractivity contribution in [3.63, 3.8) is 0 Å². The highest BCUT2D eigenvalue weighted by Crippen LogP contribution is 2.32. The van der Waals surface area contributed by atoms with Crippen LogP contribution in [0.1, 0.15) is 11.1 Å². The standard InChI is InChI=1S/C25H21F2N3O2/c1-29(2)20-13-11-19(12-14-20)28-23-22(16-7-9-18(26)10-8-16)24(31)30(25(23)32)15-17-5-3-4-6-21(17)27/h3-14,28H,15H2,1-2H3. The van der Waals surface area contributed by atoms with Crippen LogP contribution in [0.25, 0.3) is 5.57 Å². The van der Waals surface area contributed by atoms with Crippen LogP contribution >= 0.6 is 0 Å². The van der Waals surface area contributed by atoms with Gasteiger partial charge in [-0.05, 0) is 48.0 Å². The van der Waals surface area contributed by atoms with Crippen LogP contribution in [0.4, 0.5) is 20.2 Å². The Morgan fingerprint density at radius 1 is 0.844 bits per heavy atom. The second kappa shape index (κ2) is 8.63. The summed E-state index contributed by atoms with van der Waals surface area (Å²) in [7, 11) is 3.83. The Bertz CT molecular complexity index is 1200. The number of imide groups is 1. The highest BCUT2D eigenvalue weighted by Gasteiger charge is 2.39. The highest BCUT2D eigenvalue weighted by atomic mass is 19.1. The predicted octanol–water partition coefficient (Wildman–Crippen LogP) is 4.42. The lowest BCUT2D eigenvalue weighted by Crippen LogP contribution is -2.32. The zero-order chi connectivity index (χ0) is 22.8. The van der Waals surface area contributed by atoms with E-state index in [-0.39, 0.29) is 23.4 Å². The summed E-state index contributed by atoms with van der Waals surface area (Å²) < 4.78 is 27.6. The molecule has 0 fully saturated rings. The molecule has 1 N–H and O–H groups in total. The van der Waals surface area contributed by atoms with Crippen LogP contribution in [0.2, 0.25) is 0 Å². The third-order valence-electron chi connectivity index (χ3n) is 5.24. The lowest BCUT2D eigenvalue weighted by atomic mass is 10.0. The van der Waals surface area contributed by atoms with Gasteiger partial charge < -0.3 is 10.2 Å². The van der Waals surface area contributed by atoms with Crippen molar-refractivity contribution in [2.24, 2.45) is 0 Å². The van der Waals surface area contributed by atoms with Gasteiger partial charge in [0.2, 0.25) is 0 Å². The summed E-state index contributed by atoms with van der Waals surface area (Å²) in [6, 6.07) is 18.7. The maximum atomic E-state index is 14.2. The maximum Gasteiger partial charge on any atom is 0.278 e. The maximum absolute atomic E-state index is 14.2. The lowest BCUT2D eigenvalue weighted by Gasteiger charge is -2.16. The number of nitrogens with zero attached hydrogens (tertiary/aromatic N) is 2. The van der Waals surface area contributed by atoms with Crippen molar-refractivity contribution < 1.29 is 18.4 Å². The Hall–Kier alpha value is -4.00. The van der Waals surface area contributed by atoms with Gasteiger partial charge in [-0.15, -0.1) is 0 Å². The summed E-state index contributed by atoms with van der Waals surface area (Å²) in [6.07, 6.45) is 0. The number of amides is 2. The summed E-state index contributed by atoms with van der Waals surface area (Å²) in [5.41, 5.74) is 2.38. The average Bonchev–Trinajstić information content (AvgIpc) is 3.00. The molecule has 3 aromatic carbocycles. The van der Waals surface area contributed by atoms with E-state index in [0.717, 1.165) is 10.6 Å². The summed E-state index contributed by atoms with van der Waals surface area (Å²) in [6.45, 7) is -0.209. The van der Waals surface area contributed by atoms with Crippen molar-refractivity contribution in [2.45, 2.75) is 6.54 Å². The van der Waals surface area contributed by atoms with Gasteiger partial charge in [-0.25, -0.2) is 8.78 Å². The van der Waals surface area contributed by atoms with Gasteiger partial charge in [0.05, 0.1) is 12.1 Å². The SMILES string of the molecule is CN(C)c1ccc(NC2=C(c3ccc(F)cc3)C(=O)N(Cc3ccccc3F)C2=O)cc1. The molecule has 5 nitrogen and oxygen atoms in total. The van der Waals surface area contributed by atoms with Crippen LogP contribution < -0.4 is 10.2 Å². The molecule has 7 heteroatoms. The third-order valence-corrected chi connectivity index (χ3v) is 5.24. The van der Waals surface area contributed by atoms with Crippen molar-refractivity contribution in [1.82, 2.24) is 4.90 Å². The minimum Gasteiger partial charge on any atom is -0.378 e. The van der Waals surface area contributed by atoms with Gasteiger partial charge in [-0.1, -0.05) is 30.3 Å². The quantitative estimate of drug-likeness (QED) is 0.585. The van der Waals surface area contributed by atoms with Crippen LogP contribution in [-0.2, 0) is 16.1 Å². The Kier molecular flexibility index (Phi) is 5.73. The molecule has 0 aromatic heterocycles. The van der Waals surface area contributed by atoms with Crippen molar-refractivity contribution in [3.05, 3.63) is 101 Å². The van der Waals surface area contributed by atoms with Gasteiger partial charge in [0.15, 0.2) is 0 Å². The molecule has 1 aliphatic heterocycles. The van der Waals surface area contributed by atoms with Gasteiger partial charge in [0.1, 0.15) is 17.3 Å². The molecule has 0 radical (unpaired) electrons. The van der Waals surface area contributed by atoms with Gasteiger partial charge in [-0.2, -0.15) is 0 Å². The molecule has 1 heterocycles. The third kappa shape index (κ3) is 4.09. The molecule has 1 aliphatic rings. The van der Waals surface area contributed by atoms with Gasteiger partial charge in [0.25, 0.3) is 11.8 Å². The van der Waals surface area contributed by atoms with Gasteiger partial charge in [-0.3, -0.25) is 14.5 Å². The minimum atomic E-state index is -0.575. The first-order chi connectivity index (χ1) is 15.3. The van der Waals surface area contributed by atoms with E-state index in [9.17, 15) is 18.4 Å². The number of halogens is 2. The lowest BCUT2D eigenvalue weighted by molar-refractivity contribution is -0.137. The van der Waals surface area contributed by atoms with Crippen molar-refractivity contribution in [1.29, 1.82) is 0 Å². The molecule has 4 rings (SSSR count). The summed E-state index contributed by atoms with van der Waals surface area (Å²) in [5, 5.41) is 3.04. The van der Waals surface area contributed by atoms with Crippen LogP contribution in [0, 0.1) is 11.6 Å². The fraction of sp³-hybridized carbons (Fsp3) is 0.120. The Morgan fingerprint density at radius 3 is 2.12 bits per heavy atom. The number of nitrogens with one attached hydrogen (secondary N) is 1. The molecule has 2 amide bonds. The van der Waals surface area contributed by atoms with Crippen LogP contribution in [0.3, 0.4) is 0 Å². The minimum absolute atomic E-state index is 0.0653. The van der Waals surface area contributed by atoms with Crippen LogP contribution in [0.5, 0.6) is 0 Å². The van der Waals surface area contributed by atoms with Crippen LogP contribution in [0.15, 0.2) is 78.5 Å². The van der Waals surface area contributed by atoms with E-state index in [1.807, 2.05) is 31.1 Å². The molecule has 162 valence electrons. The second-order valence-electron chi connectivity index (χ2n) is 7.61. The smallest absolute Gasteiger partial charge is 0.278 e. The van der Waals surface area contributed by atoms with Gasteiger partial charge >= 0.3 is 0 Å². The number of benzene rings is 3. The highest BCUT2D eigenvalue weighted by molar-refractivity contribution is 6.36. The fourth-order valence-electron chi connectivity index (χ4n) is 3.50. The van der Waals surface area contributed by atoms with E-state index in [1.165, 1.54) is 36.4 Å². The molecule has 3 aromatic rings. The molecule has 0 saturated carbocycles. The van der Waals surface area contributed by atoms with E-state index in [0.29, 0.717) is 11.3 Å². The zero-order valence-electron chi connectivity index (χ0n) is 17.6. The first-order valence-corrected chi connectivity index (χ1v) is 9.99. The first-order valence-electron chi connectivity index (χ1n) is 9.99. The average molecular weight is 433 g/mol. The monoisotopic (exact) mass is 433 g/mol. The molecule has 0 spiro atoms. The number of carbonyl (C=O) groups is 2. The zero-order valence-corrected chi connectivity index (χ0v) is 17.6. The summed E-state index contributed by atoms with van der Waals surface area (Å²) in [4.78, 5) is 29.4. The van der Waals surface area contributed by atoms with E-state index < -0.39 is 23.4 Å². The van der Waals surface area contributed by atoms with E-state index in [2.05, 4.69) is 5.32 Å². The molecule has 0 unspecified atom stereocenters. The second-order valence-corrected chi connectivity index (χ2v) is 7.61. The van der Waals surface area contributed by atoms with Crippen LogP contribution in [-0.4, -0.2) is 30.8 Å². The van der Waals surface area contributed by atoms with Crippen molar-refractivity contribution in [3.8, 4) is 0 Å².